The van der Waals surface area contributed by atoms with Crippen LogP contribution in [0.3, 0.4) is 0 Å². The van der Waals surface area contributed by atoms with Gasteiger partial charge in [-0.05, 0) is 43.4 Å². The molecule has 2 unspecified atom stereocenters. The van der Waals surface area contributed by atoms with Gasteiger partial charge in [-0.3, -0.25) is 4.79 Å². The average Bonchev–Trinajstić information content (AvgIpc) is 3.30. The minimum atomic E-state index is -4.47. The number of halogens is 4. The third-order valence-corrected chi connectivity index (χ3v) is 5.90. The first-order chi connectivity index (χ1) is 14.2. The molecule has 160 valence electrons. The number of carbonyl (C=O) groups is 1. The van der Waals surface area contributed by atoms with Crippen LogP contribution in [0.2, 0.25) is 0 Å². The van der Waals surface area contributed by atoms with Crippen molar-refractivity contribution in [2.24, 2.45) is 5.92 Å². The number of carbonyl (C=O) groups excluding carboxylic acids is 1. The van der Waals surface area contributed by atoms with Gasteiger partial charge in [0.2, 0.25) is 5.88 Å². The zero-order valence-corrected chi connectivity index (χ0v) is 16.2. The highest BCUT2D eigenvalue weighted by Crippen LogP contribution is 2.47. The van der Waals surface area contributed by atoms with Gasteiger partial charge in [-0.15, -0.1) is 0 Å². The van der Waals surface area contributed by atoms with E-state index < -0.39 is 23.1 Å². The second-order valence-electron chi connectivity index (χ2n) is 7.74. The van der Waals surface area contributed by atoms with Gasteiger partial charge in [0.1, 0.15) is 6.61 Å². The van der Waals surface area contributed by atoms with Crippen LogP contribution in [0.25, 0.3) is 0 Å². The van der Waals surface area contributed by atoms with E-state index in [0.717, 1.165) is 25.1 Å². The molecule has 9 heteroatoms. The highest BCUT2D eigenvalue weighted by molar-refractivity contribution is 5.97. The summed E-state index contributed by atoms with van der Waals surface area (Å²) in [7, 11) is 1.31. The van der Waals surface area contributed by atoms with E-state index >= 15 is 0 Å². The molecule has 1 saturated carbocycles. The van der Waals surface area contributed by atoms with E-state index in [2.05, 4.69) is 4.98 Å². The average molecular weight is 424 g/mol. The zero-order valence-electron chi connectivity index (χ0n) is 16.2. The molecule has 2 fully saturated rings. The Morgan fingerprint density at radius 1 is 1.30 bits per heavy atom. The second-order valence-corrected chi connectivity index (χ2v) is 7.74. The lowest BCUT2D eigenvalue weighted by Gasteiger charge is -2.38. The molecule has 1 aromatic carbocycles. The third kappa shape index (κ3) is 3.57. The van der Waals surface area contributed by atoms with Gasteiger partial charge in [-0.1, -0.05) is 6.07 Å². The van der Waals surface area contributed by atoms with Crippen LogP contribution in [-0.4, -0.2) is 41.6 Å². The SMILES string of the molecule is COc1c(F)cccc1C(=O)N1CC2CCC1(COc1ccc(C(F)(F)F)cn1)C2. The Balaban J connectivity index is 1.53. The lowest BCUT2D eigenvalue weighted by molar-refractivity contribution is -0.137. The molecule has 0 spiro atoms. The van der Waals surface area contributed by atoms with Crippen molar-refractivity contribution in [3.8, 4) is 11.6 Å². The fourth-order valence-electron chi connectivity index (χ4n) is 4.45. The standard InChI is InChI=1S/C21H20F4N2O3/c1-29-18-15(3-2-4-16(18)22)19(28)27-11-13-7-8-20(27,9-13)12-30-17-6-5-14(10-26-17)21(23,24)25/h2-6,10,13H,7-9,11-12H2,1H3. The molecule has 1 saturated heterocycles. The van der Waals surface area contributed by atoms with Crippen molar-refractivity contribution in [1.82, 2.24) is 9.88 Å². The number of amides is 1. The molecule has 2 atom stereocenters. The number of methoxy groups -OCH3 is 1. The molecule has 2 aliphatic rings. The van der Waals surface area contributed by atoms with Gasteiger partial charge in [0.15, 0.2) is 11.6 Å². The third-order valence-electron chi connectivity index (χ3n) is 5.90. The Bertz CT molecular complexity index is 948. The summed E-state index contributed by atoms with van der Waals surface area (Å²) in [4.78, 5) is 18.6. The molecule has 1 aromatic heterocycles. The summed E-state index contributed by atoms with van der Waals surface area (Å²) in [5.74, 6) is -0.712. The molecule has 2 heterocycles. The maximum atomic E-state index is 14.1. The lowest BCUT2D eigenvalue weighted by atomic mass is 9.96. The highest BCUT2D eigenvalue weighted by Gasteiger charge is 2.53. The first-order valence-corrected chi connectivity index (χ1v) is 9.54. The predicted molar refractivity (Wildman–Crippen MR) is 98.8 cm³/mol. The Morgan fingerprint density at radius 3 is 2.73 bits per heavy atom. The van der Waals surface area contributed by atoms with Gasteiger partial charge in [0, 0.05) is 18.8 Å². The Morgan fingerprint density at radius 2 is 2.10 bits per heavy atom. The van der Waals surface area contributed by atoms with E-state index in [0.29, 0.717) is 18.9 Å². The monoisotopic (exact) mass is 424 g/mol. The minimum Gasteiger partial charge on any atom is -0.493 e. The number of aromatic nitrogens is 1. The van der Waals surface area contributed by atoms with Crippen LogP contribution >= 0.6 is 0 Å². The van der Waals surface area contributed by atoms with E-state index in [1.54, 1.807) is 4.90 Å². The number of alkyl halides is 3. The molecule has 1 aliphatic carbocycles. The first kappa shape index (κ1) is 20.4. The number of pyridine rings is 1. The summed E-state index contributed by atoms with van der Waals surface area (Å²) in [5, 5.41) is 0. The van der Waals surface area contributed by atoms with E-state index in [-0.39, 0.29) is 29.7 Å². The van der Waals surface area contributed by atoms with Crippen molar-refractivity contribution >= 4 is 5.91 Å². The molecule has 0 radical (unpaired) electrons. The normalized spacial score (nSPS) is 23.0. The number of likely N-dealkylation sites (tertiary alicyclic amines) is 1. The van der Waals surface area contributed by atoms with Crippen LogP contribution in [0, 0.1) is 11.7 Å². The summed E-state index contributed by atoms with van der Waals surface area (Å²) in [5.41, 5.74) is -1.33. The fourth-order valence-corrected chi connectivity index (χ4v) is 4.45. The zero-order chi connectivity index (χ0) is 21.5. The summed E-state index contributed by atoms with van der Waals surface area (Å²) >= 11 is 0. The van der Waals surface area contributed by atoms with Crippen molar-refractivity contribution in [3.63, 3.8) is 0 Å². The molecule has 1 aliphatic heterocycles. The number of ether oxygens (including phenoxy) is 2. The number of rotatable bonds is 5. The van der Waals surface area contributed by atoms with E-state index in [1.807, 2.05) is 0 Å². The lowest BCUT2D eigenvalue weighted by Crippen LogP contribution is -2.52. The van der Waals surface area contributed by atoms with Gasteiger partial charge in [-0.2, -0.15) is 13.2 Å². The fraction of sp³-hybridized carbons (Fsp3) is 0.429. The first-order valence-electron chi connectivity index (χ1n) is 9.54. The number of benzene rings is 1. The second kappa shape index (κ2) is 7.45. The maximum Gasteiger partial charge on any atom is 0.417 e. The number of nitrogens with zero attached hydrogens (tertiary/aromatic N) is 2. The minimum absolute atomic E-state index is 0.0588. The van der Waals surface area contributed by atoms with Crippen molar-refractivity contribution in [2.45, 2.75) is 31.0 Å². The molecular formula is C21H20F4N2O3. The van der Waals surface area contributed by atoms with Crippen molar-refractivity contribution < 1.29 is 31.8 Å². The summed E-state index contributed by atoms with van der Waals surface area (Å²) in [6.07, 6.45) is -1.41. The smallest absolute Gasteiger partial charge is 0.417 e. The van der Waals surface area contributed by atoms with Gasteiger partial charge in [0.05, 0.1) is 23.8 Å². The number of piperidine rings is 1. The molecular weight excluding hydrogens is 404 g/mol. The van der Waals surface area contributed by atoms with Crippen molar-refractivity contribution in [1.29, 1.82) is 0 Å². The van der Waals surface area contributed by atoms with Gasteiger partial charge < -0.3 is 14.4 Å². The summed E-state index contributed by atoms with van der Waals surface area (Å²) in [6, 6.07) is 6.27. The molecule has 2 bridgehead atoms. The van der Waals surface area contributed by atoms with Gasteiger partial charge in [-0.25, -0.2) is 9.37 Å². The highest BCUT2D eigenvalue weighted by atomic mass is 19.4. The Hall–Kier alpha value is -2.84. The summed E-state index contributed by atoms with van der Waals surface area (Å²) < 4.78 is 62.9. The number of hydrogen-bond acceptors (Lipinski definition) is 4. The quantitative estimate of drug-likeness (QED) is 0.671. The topological polar surface area (TPSA) is 51.7 Å². The molecule has 1 amide bonds. The largest absolute Gasteiger partial charge is 0.493 e. The molecule has 30 heavy (non-hydrogen) atoms. The number of para-hydroxylation sites is 1. The Kier molecular flexibility index (Phi) is 5.07. The molecule has 5 nitrogen and oxygen atoms in total. The van der Waals surface area contributed by atoms with Gasteiger partial charge in [0.25, 0.3) is 5.91 Å². The van der Waals surface area contributed by atoms with Crippen LogP contribution in [0.15, 0.2) is 36.5 Å². The molecule has 2 aromatic rings. The van der Waals surface area contributed by atoms with Gasteiger partial charge >= 0.3 is 6.18 Å². The predicted octanol–water partition coefficient (Wildman–Crippen LogP) is 4.32. The number of fused-ring (bicyclic) bond motifs is 2. The molecule has 0 N–H and O–H groups in total. The van der Waals surface area contributed by atoms with Crippen molar-refractivity contribution in [2.75, 3.05) is 20.3 Å². The van der Waals surface area contributed by atoms with Crippen LogP contribution < -0.4 is 9.47 Å². The van der Waals surface area contributed by atoms with E-state index in [4.69, 9.17) is 9.47 Å². The number of hydrogen-bond donors (Lipinski definition) is 0. The van der Waals surface area contributed by atoms with Crippen molar-refractivity contribution in [3.05, 3.63) is 53.5 Å². The maximum absolute atomic E-state index is 14.1. The van der Waals surface area contributed by atoms with Crippen LogP contribution in [0.4, 0.5) is 17.6 Å². The van der Waals surface area contributed by atoms with Crippen LogP contribution in [0.1, 0.15) is 35.2 Å². The van der Waals surface area contributed by atoms with E-state index in [9.17, 15) is 22.4 Å². The van der Waals surface area contributed by atoms with E-state index in [1.165, 1.54) is 31.4 Å². The van der Waals surface area contributed by atoms with Crippen LogP contribution in [-0.2, 0) is 6.18 Å². The van der Waals surface area contributed by atoms with Crippen LogP contribution in [0.5, 0.6) is 11.6 Å². The Labute approximate surface area is 170 Å². The summed E-state index contributed by atoms with van der Waals surface area (Å²) in [6.45, 7) is 0.619. The molecule has 4 rings (SSSR count).